The Morgan fingerprint density at radius 1 is 0.704 bits per heavy atom. The number of pyridine rings is 2. The molecule has 0 aliphatic heterocycles. The molecule has 6 aromatic heterocycles. The average molecular weight is 806 g/mol. The zero-order chi connectivity index (χ0) is 36.1. The van der Waals surface area contributed by atoms with Crippen LogP contribution < -0.4 is 17.0 Å². The maximum Gasteiger partial charge on any atom is 2.00 e. The van der Waals surface area contributed by atoms with E-state index in [1.165, 1.54) is 24.3 Å². The molecular formula is C39H35BrF2MgN8O3. The van der Waals surface area contributed by atoms with Crippen LogP contribution in [0.1, 0.15) is 32.2 Å². The third kappa shape index (κ3) is 9.24. The van der Waals surface area contributed by atoms with Gasteiger partial charge in [-0.3, -0.25) is 10.2 Å². The van der Waals surface area contributed by atoms with E-state index in [0.717, 1.165) is 62.5 Å². The number of H-pyrrole nitrogens is 2. The van der Waals surface area contributed by atoms with Crippen molar-refractivity contribution >= 4 is 40.5 Å². The molecule has 11 nitrogen and oxygen atoms in total. The number of rotatable bonds is 6. The SMILES string of the molecule is CC(C)(O)c1[nH]nc(-c2ccc(F)cc2)c1-c1ccc2nccn2c1.CCc1[nH]nc(-c2ccc(F)cc2)c1-c1ccc2nccn2c1.O=C=O.[Br-].[CH3-].[Mg+2]. The Morgan fingerprint density at radius 3 is 1.56 bits per heavy atom. The number of fused-ring (bicyclic) bond motifs is 2. The molecule has 272 valence electrons. The molecule has 0 aliphatic carbocycles. The second kappa shape index (κ2) is 18.6. The minimum atomic E-state index is -1.11. The van der Waals surface area contributed by atoms with E-state index in [-0.39, 0.29) is 65.2 Å². The summed E-state index contributed by atoms with van der Waals surface area (Å²) in [5.74, 6) is -0.551. The number of aliphatic hydroxyl groups is 1. The summed E-state index contributed by atoms with van der Waals surface area (Å²) in [6.07, 6.45) is 12.4. The molecule has 0 fully saturated rings. The summed E-state index contributed by atoms with van der Waals surface area (Å²) in [6.45, 7) is 5.49. The largest absolute Gasteiger partial charge is 2.00 e. The van der Waals surface area contributed by atoms with Gasteiger partial charge in [-0.15, -0.1) is 0 Å². The molecule has 0 bridgehead atoms. The Labute approximate surface area is 336 Å². The van der Waals surface area contributed by atoms with Crippen molar-refractivity contribution in [1.82, 2.24) is 39.2 Å². The van der Waals surface area contributed by atoms with Crippen LogP contribution in [0.2, 0.25) is 0 Å². The first kappa shape index (κ1) is 43.1. The summed E-state index contributed by atoms with van der Waals surface area (Å²) < 4.78 is 30.4. The number of carbonyl (C=O) groups excluding carboxylic acids is 2. The Bertz CT molecular complexity index is 2460. The van der Waals surface area contributed by atoms with E-state index in [0.29, 0.717) is 11.4 Å². The van der Waals surface area contributed by atoms with E-state index in [2.05, 4.69) is 37.3 Å². The topological polar surface area (TPSA) is 146 Å². The van der Waals surface area contributed by atoms with Gasteiger partial charge < -0.3 is 38.3 Å². The van der Waals surface area contributed by atoms with Crippen molar-refractivity contribution in [2.24, 2.45) is 0 Å². The molecule has 0 amide bonds. The average Bonchev–Trinajstić information content (AvgIpc) is 3.94. The molecule has 0 aliphatic rings. The van der Waals surface area contributed by atoms with Crippen molar-refractivity contribution < 1.29 is 40.5 Å². The molecule has 0 saturated carbocycles. The van der Waals surface area contributed by atoms with Crippen molar-refractivity contribution in [3.8, 4) is 44.8 Å². The standard InChI is InChI=1S/C19H17FN4O.C18H15FN4.CO2.CH3.BrH.Mg/c1-19(2,25)18-16(13-5-8-15-21-9-10-24(15)11-13)17(22-23-18)12-3-6-14(20)7-4-12;1-2-15-17(13-5-8-16-20-9-10-23(16)11-13)18(22-21-15)12-3-6-14(19)7-4-12;2-1-3;;;/h3-11,25H,1-2H3,(H,22,23);3-11H,2H2,1H3,(H,21,22);;1H3;1H;/q;;;-1;;+2/p-1. The fourth-order valence-electron chi connectivity index (χ4n) is 5.78. The molecule has 0 saturated heterocycles. The maximum absolute atomic E-state index is 13.3. The van der Waals surface area contributed by atoms with Crippen LogP contribution in [0.3, 0.4) is 0 Å². The molecular weight excluding hydrogens is 771 g/mol. The predicted octanol–water partition coefficient (Wildman–Crippen LogP) is 4.34. The zero-order valence-corrected chi connectivity index (χ0v) is 32.9. The Balaban J connectivity index is 0.000000258. The number of hydrogen-bond donors (Lipinski definition) is 3. The van der Waals surface area contributed by atoms with Crippen LogP contribution in [0.25, 0.3) is 56.1 Å². The van der Waals surface area contributed by atoms with Gasteiger partial charge in [0.1, 0.15) is 39.9 Å². The minimum absolute atomic E-state index is 0. The molecule has 54 heavy (non-hydrogen) atoms. The van der Waals surface area contributed by atoms with Gasteiger partial charge in [0.05, 0.1) is 5.69 Å². The van der Waals surface area contributed by atoms with Gasteiger partial charge in [-0.1, -0.05) is 6.92 Å². The number of aromatic nitrogens is 8. The first-order valence-corrected chi connectivity index (χ1v) is 15.9. The number of aryl methyl sites for hydroxylation is 1. The van der Waals surface area contributed by atoms with E-state index in [9.17, 15) is 13.9 Å². The van der Waals surface area contributed by atoms with E-state index < -0.39 is 5.60 Å². The first-order valence-electron chi connectivity index (χ1n) is 15.9. The Kier molecular flexibility index (Phi) is 14.9. The molecule has 15 heteroatoms. The third-order valence-corrected chi connectivity index (χ3v) is 8.16. The molecule has 0 radical (unpaired) electrons. The van der Waals surface area contributed by atoms with Crippen LogP contribution in [0.15, 0.2) is 110 Å². The molecule has 8 aromatic rings. The molecule has 8 rings (SSSR count). The normalized spacial score (nSPS) is 10.5. The first-order chi connectivity index (χ1) is 24.6. The molecule has 0 atom stereocenters. The Hall–Kier alpha value is -5.31. The fraction of sp³-hybridized carbons (Fsp3) is 0.128. The zero-order valence-electron chi connectivity index (χ0n) is 29.9. The smallest absolute Gasteiger partial charge is 1.00 e. The van der Waals surface area contributed by atoms with Crippen LogP contribution in [-0.4, -0.2) is 73.5 Å². The molecule has 0 unspecified atom stereocenters. The van der Waals surface area contributed by atoms with Gasteiger partial charge >= 0.3 is 29.2 Å². The summed E-state index contributed by atoms with van der Waals surface area (Å²) >= 11 is 0. The van der Waals surface area contributed by atoms with Gasteiger partial charge in [-0.2, -0.15) is 19.8 Å². The summed E-state index contributed by atoms with van der Waals surface area (Å²) in [5.41, 5.74) is 9.23. The monoisotopic (exact) mass is 804 g/mol. The number of nitrogens with one attached hydrogen (secondary N) is 2. The van der Waals surface area contributed by atoms with Gasteiger partial charge in [0, 0.05) is 76.3 Å². The van der Waals surface area contributed by atoms with Gasteiger partial charge in [0.25, 0.3) is 0 Å². The van der Waals surface area contributed by atoms with Crippen molar-refractivity contribution in [2.45, 2.75) is 32.8 Å². The van der Waals surface area contributed by atoms with E-state index in [4.69, 9.17) is 9.59 Å². The van der Waals surface area contributed by atoms with E-state index >= 15 is 0 Å². The molecule has 2 aromatic carbocycles. The van der Waals surface area contributed by atoms with Gasteiger partial charge in [0.2, 0.25) is 0 Å². The summed E-state index contributed by atoms with van der Waals surface area (Å²) in [6, 6.07) is 20.5. The molecule has 3 N–H and O–H groups in total. The number of imidazole rings is 2. The van der Waals surface area contributed by atoms with Gasteiger partial charge in [-0.25, -0.2) is 18.7 Å². The third-order valence-electron chi connectivity index (χ3n) is 8.16. The summed E-state index contributed by atoms with van der Waals surface area (Å²) in [7, 11) is 0. The van der Waals surface area contributed by atoms with Crippen LogP contribution in [0, 0.1) is 19.1 Å². The van der Waals surface area contributed by atoms with Crippen molar-refractivity contribution in [3.63, 3.8) is 0 Å². The van der Waals surface area contributed by atoms with Crippen LogP contribution in [-0.2, 0) is 21.6 Å². The van der Waals surface area contributed by atoms with E-state index in [1.807, 2.05) is 57.9 Å². The van der Waals surface area contributed by atoms with Gasteiger partial charge in [0.15, 0.2) is 0 Å². The number of halogens is 3. The van der Waals surface area contributed by atoms with Crippen LogP contribution in [0.5, 0.6) is 0 Å². The van der Waals surface area contributed by atoms with Crippen molar-refractivity contribution in [1.29, 1.82) is 0 Å². The predicted molar refractivity (Wildman–Crippen MR) is 198 cm³/mol. The molecule has 6 heterocycles. The second-order valence-electron chi connectivity index (χ2n) is 12.0. The van der Waals surface area contributed by atoms with Crippen molar-refractivity contribution in [2.75, 3.05) is 0 Å². The summed E-state index contributed by atoms with van der Waals surface area (Å²) in [4.78, 5) is 24.8. The van der Waals surface area contributed by atoms with E-state index in [1.54, 1.807) is 50.5 Å². The molecule has 0 spiro atoms. The summed E-state index contributed by atoms with van der Waals surface area (Å²) in [5, 5.41) is 25.5. The number of benzene rings is 2. The number of hydrogen-bond acceptors (Lipinski definition) is 7. The second-order valence-corrected chi connectivity index (χ2v) is 12.0. The van der Waals surface area contributed by atoms with Crippen LogP contribution >= 0.6 is 0 Å². The minimum Gasteiger partial charge on any atom is -1.00 e. The quantitative estimate of drug-likeness (QED) is 0.168. The van der Waals surface area contributed by atoms with Gasteiger partial charge in [-0.05, 0) is 93.1 Å². The van der Waals surface area contributed by atoms with Crippen LogP contribution in [0.4, 0.5) is 8.78 Å². The Morgan fingerprint density at radius 2 is 1.11 bits per heavy atom. The fourth-order valence-corrected chi connectivity index (χ4v) is 5.78. The number of aromatic amines is 2. The van der Waals surface area contributed by atoms with Crippen molar-refractivity contribution in [3.05, 3.63) is 140 Å². The number of nitrogens with zero attached hydrogens (tertiary/aromatic N) is 6. The maximum atomic E-state index is 13.3.